The monoisotopic (exact) mass is 338 g/mol. The standard InChI is InChI=1S/C21H16F2O2/c22-21(23)17-11-9-16(10-12-17)19-8-4-7-18(13-24)20(19)25-14-15-5-2-1-3-6-15/h1-13,21H,14H2. The van der Waals surface area contributed by atoms with Crippen LogP contribution in [0.2, 0.25) is 0 Å². The summed E-state index contributed by atoms with van der Waals surface area (Å²) in [5, 5.41) is 0. The Labute approximate surface area is 144 Å². The maximum Gasteiger partial charge on any atom is 0.263 e. The van der Waals surface area contributed by atoms with Crippen molar-refractivity contribution in [1.29, 1.82) is 0 Å². The van der Waals surface area contributed by atoms with E-state index in [9.17, 15) is 13.6 Å². The minimum atomic E-state index is -2.51. The lowest BCUT2D eigenvalue weighted by Gasteiger charge is -2.14. The summed E-state index contributed by atoms with van der Waals surface area (Å²) in [6, 6.07) is 20.8. The van der Waals surface area contributed by atoms with E-state index in [0.717, 1.165) is 17.4 Å². The summed E-state index contributed by atoms with van der Waals surface area (Å²) in [6.45, 7) is 0.313. The van der Waals surface area contributed by atoms with Gasteiger partial charge in [-0.3, -0.25) is 4.79 Å². The van der Waals surface area contributed by atoms with Gasteiger partial charge in [0, 0.05) is 11.1 Å². The second-order valence-electron chi connectivity index (χ2n) is 5.54. The molecule has 3 aromatic rings. The third-order valence-electron chi connectivity index (χ3n) is 3.87. The van der Waals surface area contributed by atoms with Gasteiger partial charge in [-0.2, -0.15) is 0 Å². The van der Waals surface area contributed by atoms with Gasteiger partial charge in [0.05, 0.1) is 5.56 Å². The Hall–Kier alpha value is -3.01. The molecule has 0 radical (unpaired) electrons. The zero-order valence-corrected chi connectivity index (χ0v) is 13.4. The van der Waals surface area contributed by atoms with Gasteiger partial charge in [0.25, 0.3) is 6.43 Å². The molecule has 0 saturated carbocycles. The average Bonchev–Trinajstić information content (AvgIpc) is 2.67. The Morgan fingerprint density at radius 2 is 1.60 bits per heavy atom. The summed E-state index contributed by atoms with van der Waals surface area (Å²) in [7, 11) is 0. The zero-order chi connectivity index (χ0) is 17.6. The largest absolute Gasteiger partial charge is 0.488 e. The van der Waals surface area contributed by atoms with Crippen LogP contribution in [-0.2, 0) is 6.61 Å². The summed E-state index contributed by atoms with van der Waals surface area (Å²) < 4.78 is 31.4. The van der Waals surface area contributed by atoms with Gasteiger partial charge in [0.1, 0.15) is 12.4 Å². The molecule has 0 aromatic heterocycles. The van der Waals surface area contributed by atoms with Crippen LogP contribution in [0.4, 0.5) is 8.78 Å². The van der Waals surface area contributed by atoms with Crippen LogP contribution < -0.4 is 4.74 Å². The van der Waals surface area contributed by atoms with Crippen molar-refractivity contribution in [3.05, 3.63) is 89.5 Å². The number of alkyl halides is 2. The molecule has 25 heavy (non-hydrogen) atoms. The van der Waals surface area contributed by atoms with E-state index in [1.165, 1.54) is 12.1 Å². The highest BCUT2D eigenvalue weighted by Crippen LogP contribution is 2.34. The van der Waals surface area contributed by atoms with E-state index in [2.05, 4.69) is 0 Å². The van der Waals surface area contributed by atoms with Crippen molar-refractivity contribution >= 4 is 6.29 Å². The second-order valence-corrected chi connectivity index (χ2v) is 5.54. The van der Waals surface area contributed by atoms with E-state index < -0.39 is 6.43 Å². The van der Waals surface area contributed by atoms with E-state index in [1.54, 1.807) is 24.3 Å². The normalized spacial score (nSPS) is 10.7. The van der Waals surface area contributed by atoms with Gasteiger partial charge in [-0.1, -0.05) is 66.7 Å². The Balaban J connectivity index is 1.94. The van der Waals surface area contributed by atoms with Gasteiger partial charge in [-0.25, -0.2) is 8.78 Å². The van der Waals surface area contributed by atoms with Gasteiger partial charge in [-0.15, -0.1) is 0 Å². The number of hydrogen-bond donors (Lipinski definition) is 0. The summed E-state index contributed by atoms with van der Waals surface area (Å²) in [4.78, 5) is 11.4. The predicted octanol–water partition coefficient (Wildman–Crippen LogP) is 5.68. The number of rotatable bonds is 6. The molecule has 3 aromatic carbocycles. The van der Waals surface area contributed by atoms with Crippen molar-refractivity contribution < 1.29 is 18.3 Å². The Kier molecular flexibility index (Phi) is 5.19. The lowest BCUT2D eigenvalue weighted by Crippen LogP contribution is -2.00. The third kappa shape index (κ3) is 3.91. The maximum absolute atomic E-state index is 12.7. The van der Waals surface area contributed by atoms with E-state index >= 15 is 0 Å². The molecule has 0 aliphatic rings. The molecule has 0 heterocycles. The minimum absolute atomic E-state index is 0.0398. The number of halogens is 2. The average molecular weight is 338 g/mol. The van der Waals surface area contributed by atoms with Crippen LogP contribution >= 0.6 is 0 Å². The van der Waals surface area contributed by atoms with E-state index in [4.69, 9.17) is 4.74 Å². The number of para-hydroxylation sites is 1. The summed E-state index contributed by atoms with van der Waals surface area (Å²) in [5.41, 5.74) is 2.77. The zero-order valence-electron chi connectivity index (χ0n) is 13.4. The van der Waals surface area contributed by atoms with Crippen LogP contribution in [0.25, 0.3) is 11.1 Å². The van der Waals surface area contributed by atoms with Gasteiger partial charge in [-0.05, 0) is 17.2 Å². The van der Waals surface area contributed by atoms with Crippen LogP contribution in [0, 0.1) is 0 Å². The van der Waals surface area contributed by atoms with Gasteiger partial charge in [0.15, 0.2) is 6.29 Å². The Bertz CT molecular complexity index is 844. The predicted molar refractivity (Wildman–Crippen MR) is 93.0 cm³/mol. The van der Waals surface area contributed by atoms with Gasteiger partial charge < -0.3 is 4.74 Å². The van der Waals surface area contributed by atoms with Crippen molar-refractivity contribution in [2.24, 2.45) is 0 Å². The Morgan fingerprint density at radius 1 is 0.880 bits per heavy atom. The highest BCUT2D eigenvalue weighted by Gasteiger charge is 2.13. The molecule has 3 rings (SSSR count). The molecule has 126 valence electrons. The minimum Gasteiger partial charge on any atom is -0.488 e. The first kappa shape index (κ1) is 16.8. The highest BCUT2D eigenvalue weighted by molar-refractivity contribution is 5.86. The van der Waals surface area contributed by atoms with Crippen molar-refractivity contribution in [3.8, 4) is 16.9 Å². The van der Waals surface area contributed by atoms with Crippen molar-refractivity contribution in [1.82, 2.24) is 0 Å². The van der Waals surface area contributed by atoms with Gasteiger partial charge in [0.2, 0.25) is 0 Å². The lowest BCUT2D eigenvalue weighted by atomic mass is 10.0. The first-order chi connectivity index (χ1) is 12.2. The molecule has 4 heteroatoms. The number of hydrogen-bond acceptors (Lipinski definition) is 2. The number of benzene rings is 3. The van der Waals surface area contributed by atoms with Gasteiger partial charge >= 0.3 is 0 Å². The summed E-state index contributed by atoms with van der Waals surface area (Å²) in [5.74, 6) is 0.450. The molecule has 0 fully saturated rings. The summed E-state index contributed by atoms with van der Waals surface area (Å²) >= 11 is 0. The van der Waals surface area contributed by atoms with Crippen molar-refractivity contribution in [2.75, 3.05) is 0 Å². The van der Waals surface area contributed by atoms with E-state index in [-0.39, 0.29) is 5.56 Å². The lowest BCUT2D eigenvalue weighted by molar-refractivity contribution is 0.111. The molecule has 0 saturated heterocycles. The van der Waals surface area contributed by atoms with Crippen molar-refractivity contribution in [2.45, 2.75) is 13.0 Å². The highest BCUT2D eigenvalue weighted by atomic mass is 19.3. The number of ether oxygens (including phenoxy) is 1. The quantitative estimate of drug-likeness (QED) is 0.540. The molecule has 0 bridgehead atoms. The molecule has 0 N–H and O–H groups in total. The van der Waals surface area contributed by atoms with Crippen LogP contribution in [0.15, 0.2) is 72.8 Å². The van der Waals surface area contributed by atoms with Crippen LogP contribution in [0.3, 0.4) is 0 Å². The molecular formula is C21H16F2O2. The Morgan fingerprint density at radius 3 is 2.24 bits per heavy atom. The second kappa shape index (κ2) is 7.71. The molecule has 0 aliphatic carbocycles. The topological polar surface area (TPSA) is 26.3 Å². The SMILES string of the molecule is O=Cc1cccc(-c2ccc(C(F)F)cc2)c1OCc1ccccc1. The molecule has 0 atom stereocenters. The first-order valence-electron chi connectivity index (χ1n) is 7.82. The molecule has 0 unspecified atom stereocenters. The van der Waals surface area contributed by atoms with E-state index in [1.807, 2.05) is 36.4 Å². The first-order valence-corrected chi connectivity index (χ1v) is 7.82. The fourth-order valence-electron chi connectivity index (χ4n) is 2.57. The fourth-order valence-corrected chi connectivity index (χ4v) is 2.57. The number of aldehydes is 1. The van der Waals surface area contributed by atoms with E-state index in [0.29, 0.717) is 23.5 Å². The summed E-state index contributed by atoms with van der Waals surface area (Å²) in [6.07, 6.45) is -1.78. The fraction of sp³-hybridized carbons (Fsp3) is 0.0952. The number of carbonyl (C=O) groups excluding carboxylic acids is 1. The van der Waals surface area contributed by atoms with Crippen molar-refractivity contribution in [3.63, 3.8) is 0 Å². The maximum atomic E-state index is 12.7. The molecule has 2 nitrogen and oxygen atoms in total. The third-order valence-corrected chi connectivity index (χ3v) is 3.87. The van der Waals surface area contributed by atoms with Crippen LogP contribution in [-0.4, -0.2) is 6.29 Å². The smallest absolute Gasteiger partial charge is 0.263 e. The molecule has 0 aliphatic heterocycles. The molecular weight excluding hydrogens is 322 g/mol. The van der Waals surface area contributed by atoms with Crippen LogP contribution in [0.1, 0.15) is 27.9 Å². The number of carbonyl (C=O) groups is 1. The molecule has 0 amide bonds. The van der Waals surface area contributed by atoms with Crippen LogP contribution in [0.5, 0.6) is 5.75 Å². The molecule has 0 spiro atoms.